The van der Waals surface area contributed by atoms with E-state index in [1.54, 1.807) is 30.8 Å². The summed E-state index contributed by atoms with van der Waals surface area (Å²) in [6.07, 6.45) is 15.0. The molecule has 0 aliphatic heterocycles. The predicted molar refractivity (Wildman–Crippen MR) is 107 cm³/mol. The zero-order chi connectivity index (χ0) is 19.2. The first-order valence-corrected chi connectivity index (χ1v) is 9.75. The Morgan fingerprint density at radius 3 is 2.79 bits per heavy atom. The lowest BCUT2D eigenvalue weighted by molar-refractivity contribution is -0.128. The van der Waals surface area contributed by atoms with Crippen LogP contribution in [0.4, 0.5) is 0 Å². The molecule has 0 bridgehead atoms. The van der Waals surface area contributed by atoms with Crippen LogP contribution in [0.25, 0.3) is 17.3 Å². The molecule has 1 aliphatic rings. The Morgan fingerprint density at radius 2 is 2.04 bits per heavy atom. The molecule has 0 radical (unpaired) electrons. The number of furan rings is 1. The van der Waals surface area contributed by atoms with Gasteiger partial charge in [-0.3, -0.25) is 14.5 Å². The molecular formula is C22H24N4O2. The van der Waals surface area contributed by atoms with Crippen LogP contribution in [0.15, 0.2) is 65.7 Å². The minimum atomic E-state index is 0.0322. The van der Waals surface area contributed by atoms with E-state index < -0.39 is 0 Å². The molecule has 144 valence electrons. The van der Waals surface area contributed by atoms with Gasteiger partial charge >= 0.3 is 0 Å². The summed E-state index contributed by atoms with van der Waals surface area (Å²) >= 11 is 0. The van der Waals surface area contributed by atoms with Crippen molar-refractivity contribution in [2.24, 2.45) is 0 Å². The molecule has 3 heterocycles. The maximum Gasteiger partial charge on any atom is 0.247 e. The number of aromatic nitrogens is 3. The third-order valence-corrected chi connectivity index (χ3v) is 5.17. The molecule has 6 nitrogen and oxygen atoms in total. The number of nitrogens with zero attached hydrogens (tertiary/aromatic N) is 4. The van der Waals surface area contributed by atoms with Crippen molar-refractivity contribution in [3.63, 3.8) is 0 Å². The van der Waals surface area contributed by atoms with Crippen LogP contribution in [0.2, 0.25) is 0 Å². The standard InChI is InChI=1S/C22H24N4O2/c27-22(8-7-20-6-3-17-28-20)26(19-4-1-2-5-19)16-15-25-14-11-21(24-25)18-9-12-23-13-10-18/h3,6-14,17,19H,1-2,4-5,15-16H2/b8-7+. The third kappa shape index (κ3) is 4.39. The van der Waals surface area contributed by atoms with Crippen molar-refractivity contribution in [3.05, 3.63) is 67.0 Å². The van der Waals surface area contributed by atoms with E-state index in [0.29, 0.717) is 24.9 Å². The summed E-state index contributed by atoms with van der Waals surface area (Å²) in [5, 5.41) is 4.64. The van der Waals surface area contributed by atoms with E-state index >= 15 is 0 Å². The fourth-order valence-electron chi connectivity index (χ4n) is 3.70. The maximum absolute atomic E-state index is 12.8. The lowest BCUT2D eigenvalue weighted by atomic mass is 10.2. The van der Waals surface area contributed by atoms with Crippen molar-refractivity contribution < 1.29 is 9.21 Å². The zero-order valence-electron chi connectivity index (χ0n) is 15.8. The van der Waals surface area contributed by atoms with E-state index in [2.05, 4.69) is 10.1 Å². The highest BCUT2D eigenvalue weighted by molar-refractivity contribution is 5.91. The van der Waals surface area contributed by atoms with E-state index in [4.69, 9.17) is 4.42 Å². The molecule has 1 saturated carbocycles. The second-order valence-corrected chi connectivity index (χ2v) is 7.02. The summed E-state index contributed by atoms with van der Waals surface area (Å²) in [4.78, 5) is 18.9. The van der Waals surface area contributed by atoms with Crippen LogP contribution in [0, 0.1) is 0 Å². The first-order chi connectivity index (χ1) is 13.8. The SMILES string of the molecule is O=C(/C=C/c1ccco1)N(CCn1ccc(-c2ccncc2)n1)C1CCCC1. The van der Waals surface area contributed by atoms with Gasteiger partial charge in [-0.2, -0.15) is 5.10 Å². The first-order valence-electron chi connectivity index (χ1n) is 9.75. The van der Waals surface area contributed by atoms with Crippen LogP contribution in [0.1, 0.15) is 31.4 Å². The fourth-order valence-corrected chi connectivity index (χ4v) is 3.70. The van der Waals surface area contributed by atoms with Gasteiger partial charge in [0.25, 0.3) is 0 Å². The molecule has 28 heavy (non-hydrogen) atoms. The minimum absolute atomic E-state index is 0.0322. The van der Waals surface area contributed by atoms with Gasteiger partial charge in [0.1, 0.15) is 5.76 Å². The Kier molecular flexibility index (Phi) is 5.66. The number of carbonyl (C=O) groups excluding carboxylic acids is 1. The highest BCUT2D eigenvalue weighted by Crippen LogP contribution is 2.24. The van der Waals surface area contributed by atoms with Gasteiger partial charge in [-0.25, -0.2) is 0 Å². The average Bonchev–Trinajstić information content (AvgIpc) is 3.50. The molecule has 1 aliphatic carbocycles. The summed E-state index contributed by atoms with van der Waals surface area (Å²) < 4.78 is 7.19. The topological polar surface area (TPSA) is 64.2 Å². The largest absolute Gasteiger partial charge is 0.465 e. The molecule has 0 atom stereocenters. The van der Waals surface area contributed by atoms with Crippen molar-refractivity contribution in [1.82, 2.24) is 19.7 Å². The molecule has 3 aromatic heterocycles. The summed E-state index contributed by atoms with van der Waals surface area (Å²) in [5.41, 5.74) is 1.96. The van der Waals surface area contributed by atoms with Gasteiger partial charge in [-0.15, -0.1) is 0 Å². The number of pyridine rings is 1. The molecule has 3 aromatic rings. The number of rotatable bonds is 7. The maximum atomic E-state index is 12.8. The van der Waals surface area contributed by atoms with Gasteiger partial charge in [-0.05, 0) is 49.2 Å². The van der Waals surface area contributed by atoms with Crippen LogP contribution in [0.5, 0.6) is 0 Å². The van der Waals surface area contributed by atoms with Crippen molar-refractivity contribution in [3.8, 4) is 11.3 Å². The predicted octanol–water partition coefficient (Wildman–Crippen LogP) is 4.02. The number of hydrogen-bond donors (Lipinski definition) is 0. The normalized spacial score (nSPS) is 14.7. The van der Waals surface area contributed by atoms with Crippen LogP contribution >= 0.6 is 0 Å². The van der Waals surface area contributed by atoms with Crippen LogP contribution in [0.3, 0.4) is 0 Å². The number of amides is 1. The quantitative estimate of drug-likeness (QED) is 0.584. The Hall–Kier alpha value is -3.15. The summed E-state index contributed by atoms with van der Waals surface area (Å²) in [6, 6.07) is 9.85. The number of hydrogen-bond acceptors (Lipinski definition) is 4. The lowest BCUT2D eigenvalue weighted by Crippen LogP contribution is -2.40. The van der Waals surface area contributed by atoms with Crippen LogP contribution < -0.4 is 0 Å². The Balaban J connectivity index is 1.43. The van der Waals surface area contributed by atoms with Gasteiger partial charge in [-0.1, -0.05) is 12.8 Å². The van der Waals surface area contributed by atoms with Gasteiger partial charge < -0.3 is 9.32 Å². The van der Waals surface area contributed by atoms with E-state index in [9.17, 15) is 4.79 Å². The fraction of sp³-hybridized carbons (Fsp3) is 0.318. The van der Waals surface area contributed by atoms with Crippen molar-refractivity contribution >= 4 is 12.0 Å². The molecule has 4 rings (SSSR count). The highest BCUT2D eigenvalue weighted by atomic mass is 16.3. The van der Waals surface area contributed by atoms with Gasteiger partial charge in [0, 0.05) is 42.8 Å². The smallest absolute Gasteiger partial charge is 0.247 e. The summed E-state index contributed by atoms with van der Waals surface area (Å²) in [6.45, 7) is 1.31. The zero-order valence-corrected chi connectivity index (χ0v) is 15.8. The van der Waals surface area contributed by atoms with Crippen LogP contribution in [-0.2, 0) is 11.3 Å². The Labute approximate surface area is 164 Å². The van der Waals surface area contributed by atoms with Crippen molar-refractivity contribution in [1.29, 1.82) is 0 Å². The van der Waals surface area contributed by atoms with E-state index in [1.807, 2.05) is 46.1 Å². The molecule has 0 unspecified atom stereocenters. The Bertz CT molecular complexity index is 909. The van der Waals surface area contributed by atoms with E-state index in [1.165, 1.54) is 12.8 Å². The summed E-state index contributed by atoms with van der Waals surface area (Å²) in [5.74, 6) is 0.721. The molecular weight excluding hydrogens is 352 g/mol. The van der Waals surface area contributed by atoms with E-state index in [-0.39, 0.29) is 5.91 Å². The summed E-state index contributed by atoms with van der Waals surface area (Å²) in [7, 11) is 0. The molecule has 1 fully saturated rings. The molecule has 1 amide bonds. The molecule has 0 spiro atoms. The third-order valence-electron chi connectivity index (χ3n) is 5.17. The van der Waals surface area contributed by atoms with Gasteiger partial charge in [0.05, 0.1) is 18.5 Å². The lowest BCUT2D eigenvalue weighted by Gasteiger charge is -2.28. The second-order valence-electron chi connectivity index (χ2n) is 7.02. The molecule has 0 saturated heterocycles. The Morgan fingerprint density at radius 1 is 1.21 bits per heavy atom. The van der Waals surface area contributed by atoms with Gasteiger partial charge in [0.2, 0.25) is 5.91 Å². The molecule has 0 N–H and O–H groups in total. The molecule has 0 aromatic carbocycles. The van der Waals surface area contributed by atoms with Gasteiger partial charge in [0.15, 0.2) is 0 Å². The minimum Gasteiger partial charge on any atom is -0.465 e. The second kappa shape index (κ2) is 8.69. The van der Waals surface area contributed by atoms with Crippen molar-refractivity contribution in [2.75, 3.05) is 6.54 Å². The first kappa shape index (κ1) is 18.2. The number of carbonyl (C=O) groups is 1. The van der Waals surface area contributed by atoms with Crippen LogP contribution in [-0.4, -0.2) is 38.2 Å². The van der Waals surface area contributed by atoms with E-state index in [0.717, 1.165) is 24.1 Å². The van der Waals surface area contributed by atoms with Crippen molar-refractivity contribution in [2.45, 2.75) is 38.3 Å². The highest BCUT2D eigenvalue weighted by Gasteiger charge is 2.25. The monoisotopic (exact) mass is 376 g/mol. The average molecular weight is 376 g/mol. The molecule has 6 heteroatoms.